The Morgan fingerprint density at radius 2 is 2.26 bits per heavy atom. The summed E-state index contributed by atoms with van der Waals surface area (Å²) in [5, 5.41) is 3.90. The molecule has 2 unspecified atom stereocenters. The molecule has 0 aliphatic carbocycles. The van der Waals surface area contributed by atoms with Crippen LogP contribution in [0.1, 0.15) is 11.8 Å². The monoisotopic (exact) mass is 265 g/mol. The SMILES string of the molecule is CNC(c1cc2cccc(F)c2o1)C1COCCO1. The summed E-state index contributed by atoms with van der Waals surface area (Å²) in [4.78, 5) is 0. The molecule has 5 heteroatoms. The molecule has 0 radical (unpaired) electrons. The first-order valence-corrected chi connectivity index (χ1v) is 6.34. The first kappa shape index (κ1) is 12.6. The molecule has 1 fully saturated rings. The van der Waals surface area contributed by atoms with E-state index in [0.717, 1.165) is 5.39 Å². The van der Waals surface area contributed by atoms with Crippen LogP contribution < -0.4 is 5.32 Å². The van der Waals surface area contributed by atoms with E-state index < -0.39 is 0 Å². The second-order valence-electron chi connectivity index (χ2n) is 4.56. The maximum absolute atomic E-state index is 13.6. The van der Waals surface area contributed by atoms with Gasteiger partial charge in [-0.2, -0.15) is 0 Å². The minimum atomic E-state index is -0.348. The molecule has 0 amide bonds. The van der Waals surface area contributed by atoms with Crippen LogP contribution in [0.3, 0.4) is 0 Å². The molecule has 0 bridgehead atoms. The van der Waals surface area contributed by atoms with Crippen LogP contribution in [0.2, 0.25) is 0 Å². The molecule has 2 aromatic rings. The Morgan fingerprint density at radius 3 is 2.95 bits per heavy atom. The van der Waals surface area contributed by atoms with Gasteiger partial charge in [-0.3, -0.25) is 0 Å². The van der Waals surface area contributed by atoms with E-state index in [4.69, 9.17) is 13.9 Å². The molecule has 2 atom stereocenters. The van der Waals surface area contributed by atoms with Crippen LogP contribution in [0.25, 0.3) is 11.0 Å². The fourth-order valence-corrected chi connectivity index (χ4v) is 2.41. The topological polar surface area (TPSA) is 43.6 Å². The molecule has 1 N–H and O–H groups in total. The van der Waals surface area contributed by atoms with Gasteiger partial charge in [-0.15, -0.1) is 0 Å². The van der Waals surface area contributed by atoms with E-state index in [9.17, 15) is 4.39 Å². The van der Waals surface area contributed by atoms with Crippen molar-refractivity contribution in [1.29, 1.82) is 0 Å². The molecule has 1 saturated heterocycles. The minimum Gasteiger partial charge on any atom is -0.456 e. The summed E-state index contributed by atoms with van der Waals surface area (Å²) in [6, 6.07) is 6.59. The van der Waals surface area contributed by atoms with Gasteiger partial charge in [0.25, 0.3) is 0 Å². The summed E-state index contributed by atoms with van der Waals surface area (Å²) in [6.07, 6.45) is -0.123. The fourth-order valence-electron chi connectivity index (χ4n) is 2.41. The molecular formula is C14H16FNO3. The molecule has 1 aliphatic rings. The summed E-state index contributed by atoms with van der Waals surface area (Å²) in [5.41, 5.74) is 0.287. The number of para-hydroxylation sites is 1. The Kier molecular flexibility index (Phi) is 3.50. The van der Waals surface area contributed by atoms with E-state index in [-0.39, 0.29) is 23.5 Å². The van der Waals surface area contributed by atoms with E-state index in [1.54, 1.807) is 6.07 Å². The summed E-state index contributed by atoms with van der Waals surface area (Å²) in [6.45, 7) is 1.68. The average Bonchev–Trinajstić information content (AvgIpc) is 2.86. The van der Waals surface area contributed by atoms with Gasteiger partial charge in [0.15, 0.2) is 11.4 Å². The van der Waals surface area contributed by atoms with Crippen LogP contribution in [0.5, 0.6) is 0 Å². The highest BCUT2D eigenvalue weighted by atomic mass is 19.1. The number of ether oxygens (including phenoxy) is 2. The van der Waals surface area contributed by atoms with Gasteiger partial charge in [0, 0.05) is 5.39 Å². The standard InChI is InChI=1S/C14H16FNO3/c1-16-13(12-8-17-5-6-18-12)11-7-9-3-2-4-10(15)14(9)19-11/h2-4,7,12-13,16H,5-6,8H2,1H3. The molecule has 19 heavy (non-hydrogen) atoms. The first-order valence-electron chi connectivity index (χ1n) is 6.34. The van der Waals surface area contributed by atoms with Gasteiger partial charge >= 0.3 is 0 Å². The van der Waals surface area contributed by atoms with E-state index in [0.29, 0.717) is 25.6 Å². The molecule has 0 saturated carbocycles. The summed E-state index contributed by atoms with van der Waals surface area (Å²) >= 11 is 0. The largest absolute Gasteiger partial charge is 0.456 e. The second-order valence-corrected chi connectivity index (χ2v) is 4.56. The number of rotatable bonds is 3. The zero-order chi connectivity index (χ0) is 13.2. The van der Waals surface area contributed by atoms with Crippen LogP contribution in [0.4, 0.5) is 4.39 Å². The highest BCUT2D eigenvalue weighted by Crippen LogP contribution is 2.29. The summed E-state index contributed by atoms with van der Waals surface area (Å²) in [5.74, 6) is 0.317. The number of halogens is 1. The van der Waals surface area contributed by atoms with Crippen LogP contribution in [-0.2, 0) is 9.47 Å². The van der Waals surface area contributed by atoms with Crippen molar-refractivity contribution in [3.8, 4) is 0 Å². The van der Waals surface area contributed by atoms with Gasteiger partial charge in [-0.05, 0) is 19.2 Å². The van der Waals surface area contributed by atoms with Crippen molar-refractivity contribution < 1.29 is 18.3 Å². The number of furan rings is 1. The minimum absolute atomic E-state index is 0.123. The van der Waals surface area contributed by atoms with E-state index in [1.165, 1.54) is 6.07 Å². The number of fused-ring (bicyclic) bond motifs is 1. The van der Waals surface area contributed by atoms with Crippen molar-refractivity contribution in [2.24, 2.45) is 0 Å². The molecule has 1 aromatic heterocycles. The summed E-state index contributed by atoms with van der Waals surface area (Å²) < 4.78 is 30.3. The predicted octanol–water partition coefficient (Wildman–Crippen LogP) is 2.25. The van der Waals surface area contributed by atoms with Gasteiger partial charge < -0.3 is 19.2 Å². The predicted molar refractivity (Wildman–Crippen MR) is 68.5 cm³/mol. The molecule has 102 valence electrons. The maximum atomic E-state index is 13.6. The fraction of sp³-hybridized carbons (Fsp3) is 0.429. The van der Waals surface area contributed by atoms with Crippen LogP contribution in [0, 0.1) is 5.82 Å². The first-order chi connectivity index (χ1) is 9.29. The van der Waals surface area contributed by atoms with Crippen molar-refractivity contribution in [2.75, 3.05) is 26.9 Å². The van der Waals surface area contributed by atoms with E-state index in [2.05, 4.69) is 5.32 Å². The third kappa shape index (κ3) is 2.36. The lowest BCUT2D eigenvalue weighted by Crippen LogP contribution is -2.39. The highest BCUT2D eigenvalue weighted by molar-refractivity contribution is 5.78. The number of hydrogen-bond acceptors (Lipinski definition) is 4. The Balaban J connectivity index is 1.94. The van der Waals surface area contributed by atoms with E-state index >= 15 is 0 Å². The lowest BCUT2D eigenvalue weighted by molar-refractivity contribution is -0.103. The molecule has 1 aliphatic heterocycles. The van der Waals surface area contributed by atoms with Crippen molar-refractivity contribution >= 4 is 11.0 Å². The van der Waals surface area contributed by atoms with Crippen LogP contribution in [0.15, 0.2) is 28.7 Å². The lowest BCUT2D eigenvalue weighted by atomic mass is 10.1. The Hall–Kier alpha value is -1.43. The third-order valence-electron chi connectivity index (χ3n) is 3.35. The van der Waals surface area contributed by atoms with Gasteiger partial charge in [0.2, 0.25) is 0 Å². The molecular weight excluding hydrogens is 249 g/mol. The molecule has 3 rings (SSSR count). The molecule has 1 aromatic carbocycles. The smallest absolute Gasteiger partial charge is 0.169 e. The lowest BCUT2D eigenvalue weighted by Gasteiger charge is -2.28. The van der Waals surface area contributed by atoms with Gasteiger partial charge in [-0.1, -0.05) is 12.1 Å². The van der Waals surface area contributed by atoms with Crippen molar-refractivity contribution in [3.05, 3.63) is 35.8 Å². The summed E-state index contributed by atoms with van der Waals surface area (Å²) in [7, 11) is 1.83. The average molecular weight is 265 g/mol. The van der Waals surface area contributed by atoms with Crippen LogP contribution >= 0.6 is 0 Å². The normalized spacial score (nSPS) is 21.7. The maximum Gasteiger partial charge on any atom is 0.169 e. The second kappa shape index (κ2) is 5.28. The third-order valence-corrected chi connectivity index (χ3v) is 3.35. The number of hydrogen-bond donors (Lipinski definition) is 1. The Bertz CT molecular complexity index is 563. The number of benzene rings is 1. The molecule has 4 nitrogen and oxygen atoms in total. The quantitative estimate of drug-likeness (QED) is 0.924. The van der Waals surface area contributed by atoms with E-state index in [1.807, 2.05) is 19.2 Å². The van der Waals surface area contributed by atoms with Crippen molar-refractivity contribution in [1.82, 2.24) is 5.32 Å². The van der Waals surface area contributed by atoms with Gasteiger partial charge in [0.1, 0.15) is 11.9 Å². The van der Waals surface area contributed by atoms with Crippen LogP contribution in [-0.4, -0.2) is 33.0 Å². The van der Waals surface area contributed by atoms with Crippen molar-refractivity contribution in [3.63, 3.8) is 0 Å². The van der Waals surface area contributed by atoms with Crippen molar-refractivity contribution in [2.45, 2.75) is 12.1 Å². The highest BCUT2D eigenvalue weighted by Gasteiger charge is 2.28. The zero-order valence-electron chi connectivity index (χ0n) is 10.7. The Morgan fingerprint density at radius 1 is 1.37 bits per heavy atom. The van der Waals surface area contributed by atoms with Gasteiger partial charge in [0.05, 0.1) is 25.9 Å². The molecule has 0 spiro atoms. The number of nitrogens with one attached hydrogen (secondary N) is 1. The Labute approximate surface area is 110 Å². The number of likely N-dealkylation sites (N-methyl/N-ethyl adjacent to an activating group) is 1. The zero-order valence-corrected chi connectivity index (χ0v) is 10.7. The van der Waals surface area contributed by atoms with Gasteiger partial charge in [-0.25, -0.2) is 4.39 Å². The molecule has 2 heterocycles.